The standard InChI is InChI=1S/C19H25ClN4O/c1-22-10-12-24(13-11-22)18(17-8-5-9-23(17)2)14-21-19(25)15-6-3-4-7-16(15)20/h3-9,18H,10-14H2,1-2H3,(H,21,25)/t18-/m1/s1. The molecule has 2 heterocycles. The highest BCUT2D eigenvalue weighted by atomic mass is 35.5. The number of nitrogens with one attached hydrogen (secondary N) is 1. The zero-order chi connectivity index (χ0) is 17.8. The SMILES string of the molecule is CN1CCN([C@H](CNC(=O)c2ccccc2Cl)c2cccn2C)CC1. The van der Waals surface area contributed by atoms with Gasteiger partial charge in [-0.25, -0.2) is 0 Å². The third-order valence-corrected chi connectivity index (χ3v) is 5.21. The second kappa shape index (κ2) is 8.04. The maximum absolute atomic E-state index is 12.5. The third kappa shape index (κ3) is 4.24. The fourth-order valence-corrected chi connectivity index (χ4v) is 3.53. The Hall–Kier alpha value is -1.82. The summed E-state index contributed by atoms with van der Waals surface area (Å²) in [6, 6.07) is 11.5. The first-order valence-electron chi connectivity index (χ1n) is 8.63. The van der Waals surface area contributed by atoms with E-state index < -0.39 is 0 Å². The number of nitrogens with zero attached hydrogens (tertiary/aromatic N) is 3. The zero-order valence-corrected chi connectivity index (χ0v) is 15.5. The first kappa shape index (κ1) is 18.0. The van der Waals surface area contributed by atoms with Gasteiger partial charge in [0.05, 0.1) is 16.6 Å². The van der Waals surface area contributed by atoms with E-state index in [2.05, 4.69) is 32.8 Å². The van der Waals surface area contributed by atoms with E-state index in [1.165, 1.54) is 5.69 Å². The predicted octanol–water partition coefficient (Wildman–Crippen LogP) is 2.40. The Morgan fingerprint density at radius 1 is 1.12 bits per heavy atom. The lowest BCUT2D eigenvalue weighted by atomic mass is 10.1. The predicted molar refractivity (Wildman–Crippen MR) is 101 cm³/mol. The molecule has 0 saturated carbocycles. The summed E-state index contributed by atoms with van der Waals surface area (Å²) in [6.45, 7) is 4.63. The molecule has 2 aromatic rings. The summed E-state index contributed by atoms with van der Waals surface area (Å²) in [5, 5.41) is 3.55. The van der Waals surface area contributed by atoms with Crippen molar-refractivity contribution in [2.24, 2.45) is 7.05 Å². The van der Waals surface area contributed by atoms with Crippen molar-refractivity contribution in [3.8, 4) is 0 Å². The van der Waals surface area contributed by atoms with Gasteiger partial charge in [0.1, 0.15) is 0 Å². The van der Waals surface area contributed by atoms with E-state index in [-0.39, 0.29) is 11.9 Å². The van der Waals surface area contributed by atoms with E-state index in [1.807, 2.05) is 31.4 Å². The first-order chi connectivity index (χ1) is 12.1. The molecule has 0 bridgehead atoms. The summed E-state index contributed by atoms with van der Waals surface area (Å²) in [7, 11) is 4.20. The second-order valence-electron chi connectivity index (χ2n) is 6.59. The molecule has 5 nitrogen and oxygen atoms in total. The molecular weight excluding hydrogens is 336 g/mol. The highest BCUT2D eigenvalue weighted by molar-refractivity contribution is 6.33. The summed E-state index contributed by atoms with van der Waals surface area (Å²) in [6.07, 6.45) is 2.05. The quantitative estimate of drug-likeness (QED) is 0.890. The molecule has 1 fully saturated rings. The van der Waals surface area contributed by atoms with Crippen LogP contribution in [0.4, 0.5) is 0 Å². The average molecular weight is 361 g/mol. The number of benzene rings is 1. The Labute approximate surface area is 154 Å². The molecule has 25 heavy (non-hydrogen) atoms. The molecule has 6 heteroatoms. The van der Waals surface area contributed by atoms with Crippen LogP contribution in [0.15, 0.2) is 42.6 Å². The molecule has 1 aliphatic heterocycles. The second-order valence-corrected chi connectivity index (χ2v) is 7.00. The van der Waals surface area contributed by atoms with E-state index in [9.17, 15) is 4.79 Å². The summed E-state index contributed by atoms with van der Waals surface area (Å²) in [5.74, 6) is -0.126. The summed E-state index contributed by atoms with van der Waals surface area (Å²) in [5.41, 5.74) is 1.73. The number of halogens is 1. The monoisotopic (exact) mass is 360 g/mol. The van der Waals surface area contributed by atoms with Crippen LogP contribution in [0, 0.1) is 0 Å². The molecular formula is C19H25ClN4O. The molecule has 134 valence electrons. The molecule has 1 atom stereocenters. The normalized spacial score (nSPS) is 17.4. The number of likely N-dealkylation sites (N-methyl/N-ethyl adjacent to an activating group) is 1. The van der Waals surface area contributed by atoms with Crippen molar-refractivity contribution in [2.75, 3.05) is 39.8 Å². The highest BCUT2D eigenvalue weighted by Gasteiger charge is 2.26. The Bertz CT molecular complexity index is 722. The van der Waals surface area contributed by atoms with Crippen molar-refractivity contribution in [1.82, 2.24) is 19.7 Å². The minimum Gasteiger partial charge on any atom is -0.353 e. The summed E-state index contributed by atoms with van der Waals surface area (Å²) < 4.78 is 2.13. The van der Waals surface area contributed by atoms with E-state index in [0.717, 1.165) is 26.2 Å². The maximum atomic E-state index is 12.5. The largest absolute Gasteiger partial charge is 0.353 e. The molecule has 0 radical (unpaired) electrons. The Morgan fingerprint density at radius 3 is 2.48 bits per heavy atom. The van der Waals surface area contributed by atoms with Gasteiger partial charge in [0.15, 0.2) is 0 Å². The first-order valence-corrected chi connectivity index (χ1v) is 9.00. The Kier molecular flexibility index (Phi) is 5.78. The van der Waals surface area contributed by atoms with Crippen LogP contribution in [0.3, 0.4) is 0 Å². The lowest BCUT2D eigenvalue weighted by Gasteiger charge is -2.38. The summed E-state index contributed by atoms with van der Waals surface area (Å²) >= 11 is 6.14. The van der Waals surface area contributed by atoms with E-state index in [4.69, 9.17) is 11.6 Å². The van der Waals surface area contributed by atoms with Crippen LogP contribution >= 0.6 is 11.6 Å². The van der Waals surface area contributed by atoms with E-state index in [0.29, 0.717) is 17.1 Å². The molecule has 0 unspecified atom stereocenters. The highest BCUT2D eigenvalue weighted by Crippen LogP contribution is 2.22. The number of carbonyl (C=O) groups excluding carboxylic acids is 1. The van der Waals surface area contributed by atoms with Crippen LogP contribution in [-0.2, 0) is 7.05 Å². The van der Waals surface area contributed by atoms with Crippen molar-refractivity contribution in [3.05, 3.63) is 58.9 Å². The van der Waals surface area contributed by atoms with Crippen molar-refractivity contribution in [2.45, 2.75) is 6.04 Å². The van der Waals surface area contributed by atoms with Crippen LogP contribution in [0.25, 0.3) is 0 Å². The molecule has 3 rings (SSSR count). The molecule has 1 aromatic carbocycles. The minimum absolute atomic E-state index is 0.126. The lowest BCUT2D eigenvalue weighted by molar-refractivity contribution is 0.0877. The fraction of sp³-hybridized carbons (Fsp3) is 0.421. The van der Waals surface area contributed by atoms with Crippen molar-refractivity contribution in [1.29, 1.82) is 0 Å². The number of hydrogen-bond acceptors (Lipinski definition) is 3. The molecule has 1 aromatic heterocycles. The number of hydrogen-bond donors (Lipinski definition) is 1. The van der Waals surface area contributed by atoms with Crippen molar-refractivity contribution < 1.29 is 4.79 Å². The number of piperazine rings is 1. The van der Waals surface area contributed by atoms with Crippen molar-refractivity contribution >= 4 is 17.5 Å². The Balaban J connectivity index is 1.73. The van der Waals surface area contributed by atoms with Gasteiger partial charge in [0, 0.05) is 51.7 Å². The van der Waals surface area contributed by atoms with Gasteiger partial charge >= 0.3 is 0 Å². The van der Waals surface area contributed by atoms with E-state index >= 15 is 0 Å². The molecule has 0 spiro atoms. The number of amides is 1. The van der Waals surface area contributed by atoms with Gasteiger partial charge in [0.25, 0.3) is 5.91 Å². The zero-order valence-electron chi connectivity index (χ0n) is 14.8. The van der Waals surface area contributed by atoms with Gasteiger partial charge < -0.3 is 14.8 Å². The molecule has 0 aliphatic carbocycles. The van der Waals surface area contributed by atoms with Gasteiger partial charge in [-0.1, -0.05) is 23.7 Å². The third-order valence-electron chi connectivity index (χ3n) is 4.88. The van der Waals surface area contributed by atoms with Crippen molar-refractivity contribution in [3.63, 3.8) is 0 Å². The molecule has 1 N–H and O–H groups in total. The molecule has 1 amide bonds. The minimum atomic E-state index is -0.126. The average Bonchev–Trinajstić information content (AvgIpc) is 3.03. The van der Waals surface area contributed by atoms with Gasteiger partial charge in [0.2, 0.25) is 0 Å². The lowest BCUT2D eigenvalue weighted by Crippen LogP contribution is -2.48. The number of aromatic nitrogens is 1. The van der Waals surface area contributed by atoms with Gasteiger partial charge in [-0.3, -0.25) is 9.69 Å². The van der Waals surface area contributed by atoms with E-state index in [1.54, 1.807) is 12.1 Å². The molecule has 1 saturated heterocycles. The van der Waals surface area contributed by atoms with Crippen LogP contribution in [0.2, 0.25) is 5.02 Å². The smallest absolute Gasteiger partial charge is 0.252 e. The fourth-order valence-electron chi connectivity index (χ4n) is 3.30. The number of rotatable bonds is 5. The van der Waals surface area contributed by atoms with Crippen LogP contribution in [-0.4, -0.2) is 60.0 Å². The van der Waals surface area contributed by atoms with Crippen LogP contribution in [0.1, 0.15) is 22.1 Å². The van der Waals surface area contributed by atoms with Gasteiger partial charge in [-0.2, -0.15) is 0 Å². The summed E-state index contributed by atoms with van der Waals surface area (Å²) in [4.78, 5) is 17.3. The van der Waals surface area contributed by atoms with Gasteiger partial charge in [-0.05, 0) is 31.3 Å². The number of aryl methyl sites for hydroxylation is 1. The number of carbonyl (C=O) groups is 1. The molecule has 1 aliphatic rings. The topological polar surface area (TPSA) is 40.5 Å². The van der Waals surface area contributed by atoms with Gasteiger partial charge in [-0.15, -0.1) is 0 Å². The van der Waals surface area contributed by atoms with Crippen LogP contribution in [0.5, 0.6) is 0 Å². The maximum Gasteiger partial charge on any atom is 0.252 e. The Morgan fingerprint density at radius 2 is 1.84 bits per heavy atom. The van der Waals surface area contributed by atoms with Crippen LogP contribution < -0.4 is 5.32 Å².